The molecule has 0 unspecified atom stereocenters. The summed E-state index contributed by atoms with van der Waals surface area (Å²) in [7, 11) is 0. The number of nitrogens with zero attached hydrogens (tertiary/aromatic N) is 2. The number of amidine groups is 1. The van der Waals surface area contributed by atoms with Gasteiger partial charge in [0.25, 0.3) is 0 Å². The Labute approximate surface area is 123 Å². The predicted molar refractivity (Wildman–Crippen MR) is 82.3 cm³/mol. The van der Waals surface area contributed by atoms with E-state index in [0.717, 1.165) is 23.5 Å². The average Bonchev–Trinajstić information content (AvgIpc) is 2.84. The molecular formula is C15H21N3OS. The molecular weight excluding hydrogens is 270 g/mol. The van der Waals surface area contributed by atoms with Gasteiger partial charge in [0.1, 0.15) is 16.6 Å². The van der Waals surface area contributed by atoms with Gasteiger partial charge in [-0.3, -0.25) is 5.41 Å². The van der Waals surface area contributed by atoms with Gasteiger partial charge in [-0.05, 0) is 19.8 Å². The molecule has 1 aliphatic carbocycles. The van der Waals surface area contributed by atoms with Crippen molar-refractivity contribution in [3.63, 3.8) is 0 Å². The number of aliphatic hydroxyl groups excluding tert-OH is 1. The number of aliphatic hydroxyl groups is 1. The zero-order chi connectivity index (χ0) is 14.1. The number of thiazole rings is 1. The maximum absolute atomic E-state index is 10.3. The van der Waals surface area contributed by atoms with Gasteiger partial charge in [0.05, 0.1) is 12.1 Å². The molecule has 1 saturated carbocycles. The average molecular weight is 291 g/mol. The third-order valence-electron chi connectivity index (χ3n) is 4.23. The van der Waals surface area contributed by atoms with Crippen LogP contribution in [0.1, 0.15) is 49.2 Å². The summed E-state index contributed by atoms with van der Waals surface area (Å²) in [4.78, 5) is 6.50. The van der Waals surface area contributed by atoms with Crippen molar-refractivity contribution in [2.24, 2.45) is 0 Å². The van der Waals surface area contributed by atoms with Gasteiger partial charge >= 0.3 is 0 Å². The van der Waals surface area contributed by atoms with Crippen LogP contribution in [0.25, 0.3) is 5.57 Å². The first-order chi connectivity index (χ1) is 9.66. The van der Waals surface area contributed by atoms with Gasteiger partial charge in [0.15, 0.2) is 0 Å². The van der Waals surface area contributed by atoms with E-state index in [1.807, 2.05) is 12.3 Å². The number of hydrogen-bond acceptors (Lipinski definition) is 4. The molecule has 1 aromatic rings. The molecule has 108 valence electrons. The molecule has 2 N–H and O–H groups in total. The summed E-state index contributed by atoms with van der Waals surface area (Å²) >= 11 is 1.51. The standard InChI is InChI=1S/C15H21N3OS/c1-10-9-20-15(17-10)13-12(19)8-18(14(13)16)11-6-4-2-3-5-7-11/h9,11,16,19H,2-8H2,1H3. The molecule has 1 aliphatic heterocycles. The Kier molecular flexibility index (Phi) is 3.78. The Bertz CT molecular complexity index is 541. The van der Waals surface area contributed by atoms with Crippen molar-refractivity contribution in [3.05, 3.63) is 21.8 Å². The van der Waals surface area contributed by atoms with E-state index < -0.39 is 0 Å². The smallest absolute Gasteiger partial charge is 0.135 e. The lowest BCUT2D eigenvalue weighted by atomic mass is 10.1. The molecule has 1 fully saturated rings. The minimum Gasteiger partial charge on any atom is -0.510 e. The van der Waals surface area contributed by atoms with Crippen molar-refractivity contribution in [3.8, 4) is 0 Å². The second kappa shape index (κ2) is 5.56. The van der Waals surface area contributed by atoms with Crippen LogP contribution in [0, 0.1) is 12.3 Å². The summed E-state index contributed by atoms with van der Waals surface area (Å²) in [5, 5.41) is 21.4. The minimum atomic E-state index is 0.314. The molecule has 0 spiro atoms. The molecule has 20 heavy (non-hydrogen) atoms. The maximum atomic E-state index is 10.3. The lowest BCUT2D eigenvalue weighted by Gasteiger charge is -2.28. The van der Waals surface area contributed by atoms with Gasteiger partial charge in [0.2, 0.25) is 0 Å². The van der Waals surface area contributed by atoms with Crippen molar-refractivity contribution < 1.29 is 5.11 Å². The molecule has 0 saturated heterocycles. The number of aromatic nitrogens is 1. The third-order valence-corrected chi connectivity index (χ3v) is 5.21. The topological polar surface area (TPSA) is 60.2 Å². The van der Waals surface area contributed by atoms with E-state index in [0.29, 0.717) is 29.8 Å². The van der Waals surface area contributed by atoms with Crippen molar-refractivity contribution in [2.75, 3.05) is 6.54 Å². The van der Waals surface area contributed by atoms with Gasteiger partial charge in [-0.25, -0.2) is 4.98 Å². The minimum absolute atomic E-state index is 0.314. The van der Waals surface area contributed by atoms with E-state index in [4.69, 9.17) is 5.41 Å². The van der Waals surface area contributed by atoms with Crippen molar-refractivity contribution in [1.29, 1.82) is 5.41 Å². The van der Waals surface area contributed by atoms with Crippen molar-refractivity contribution in [2.45, 2.75) is 51.5 Å². The van der Waals surface area contributed by atoms with Crippen LogP contribution in [0.5, 0.6) is 0 Å². The van der Waals surface area contributed by atoms with E-state index in [1.54, 1.807) is 0 Å². The van der Waals surface area contributed by atoms with Gasteiger partial charge in [0, 0.05) is 17.1 Å². The third kappa shape index (κ3) is 2.46. The zero-order valence-corrected chi connectivity index (χ0v) is 12.7. The summed E-state index contributed by atoms with van der Waals surface area (Å²) in [6.45, 7) is 2.43. The monoisotopic (exact) mass is 291 g/mol. The molecule has 5 heteroatoms. The van der Waals surface area contributed by atoms with Crippen molar-refractivity contribution in [1.82, 2.24) is 9.88 Å². The molecule has 0 amide bonds. The van der Waals surface area contributed by atoms with Crippen LogP contribution in [0.15, 0.2) is 11.1 Å². The highest BCUT2D eigenvalue weighted by atomic mass is 32.1. The summed E-state index contributed by atoms with van der Waals surface area (Å²) in [6, 6.07) is 0.408. The Hall–Kier alpha value is -1.36. The fourth-order valence-electron chi connectivity index (χ4n) is 3.17. The molecule has 4 nitrogen and oxygen atoms in total. The van der Waals surface area contributed by atoms with E-state index in [9.17, 15) is 5.11 Å². The predicted octanol–water partition coefficient (Wildman–Crippen LogP) is 3.74. The first kappa shape index (κ1) is 13.6. The van der Waals surface area contributed by atoms with E-state index >= 15 is 0 Å². The number of hydrogen-bond donors (Lipinski definition) is 2. The first-order valence-electron chi connectivity index (χ1n) is 7.37. The molecule has 0 atom stereocenters. The van der Waals surface area contributed by atoms with Crippen LogP contribution >= 0.6 is 11.3 Å². The lowest BCUT2D eigenvalue weighted by molar-refractivity contribution is 0.274. The van der Waals surface area contributed by atoms with Crippen LogP contribution < -0.4 is 0 Å². The van der Waals surface area contributed by atoms with Crippen LogP contribution in [-0.2, 0) is 0 Å². The van der Waals surface area contributed by atoms with Gasteiger partial charge < -0.3 is 10.0 Å². The normalized spacial score (nSPS) is 21.6. The van der Waals surface area contributed by atoms with Gasteiger partial charge in [-0.1, -0.05) is 25.7 Å². The zero-order valence-electron chi connectivity index (χ0n) is 11.9. The highest BCUT2D eigenvalue weighted by Crippen LogP contribution is 2.33. The Morgan fingerprint density at radius 2 is 2.00 bits per heavy atom. The van der Waals surface area contributed by atoms with Gasteiger partial charge in [-0.15, -0.1) is 11.3 Å². The fourth-order valence-corrected chi connectivity index (χ4v) is 4.04. The SMILES string of the molecule is Cc1csc(C2=C(O)CN(C3CCCCCC3)C2=N)n1. The second-order valence-electron chi connectivity index (χ2n) is 5.74. The first-order valence-corrected chi connectivity index (χ1v) is 8.25. The number of aryl methyl sites for hydroxylation is 1. The van der Waals surface area contributed by atoms with Crippen LogP contribution in [0.4, 0.5) is 0 Å². The highest BCUT2D eigenvalue weighted by molar-refractivity contribution is 7.11. The lowest BCUT2D eigenvalue weighted by Crippen LogP contribution is -2.37. The Morgan fingerprint density at radius 1 is 1.30 bits per heavy atom. The van der Waals surface area contributed by atoms with E-state index in [-0.39, 0.29) is 0 Å². The Balaban J connectivity index is 1.81. The molecule has 0 bridgehead atoms. The summed E-state index contributed by atoms with van der Waals surface area (Å²) in [5.74, 6) is 0.775. The summed E-state index contributed by atoms with van der Waals surface area (Å²) in [5.41, 5.74) is 1.60. The Morgan fingerprint density at radius 3 is 2.60 bits per heavy atom. The fraction of sp³-hybridized carbons (Fsp3) is 0.600. The van der Waals surface area contributed by atoms with Gasteiger partial charge in [-0.2, -0.15) is 0 Å². The van der Waals surface area contributed by atoms with E-state index in [2.05, 4.69) is 9.88 Å². The summed E-state index contributed by atoms with van der Waals surface area (Å²) in [6.07, 6.45) is 7.35. The van der Waals surface area contributed by atoms with Crippen LogP contribution in [-0.4, -0.2) is 33.4 Å². The van der Waals surface area contributed by atoms with Crippen LogP contribution in [0.3, 0.4) is 0 Å². The van der Waals surface area contributed by atoms with E-state index in [1.165, 1.54) is 37.0 Å². The summed E-state index contributed by atoms with van der Waals surface area (Å²) < 4.78 is 0. The maximum Gasteiger partial charge on any atom is 0.135 e. The largest absolute Gasteiger partial charge is 0.510 e. The van der Waals surface area contributed by atoms with Crippen LogP contribution in [0.2, 0.25) is 0 Å². The highest BCUT2D eigenvalue weighted by Gasteiger charge is 2.34. The molecule has 3 rings (SSSR count). The quantitative estimate of drug-likeness (QED) is 0.816. The molecule has 0 aromatic carbocycles. The molecule has 0 radical (unpaired) electrons. The molecule has 2 heterocycles. The van der Waals surface area contributed by atoms with Crippen molar-refractivity contribution >= 4 is 22.7 Å². The molecule has 1 aromatic heterocycles. The number of rotatable bonds is 2. The second-order valence-corrected chi connectivity index (χ2v) is 6.60. The molecule has 2 aliphatic rings. The number of nitrogens with one attached hydrogen (secondary N) is 1.